The van der Waals surface area contributed by atoms with Crippen molar-refractivity contribution in [2.75, 3.05) is 6.61 Å². The lowest BCUT2D eigenvalue weighted by Crippen LogP contribution is -2.39. The first kappa shape index (κ1) is 12.6. The van der Waals surface area contributed by atoms with Gasteiger partial charge in [-0.15, -0.1) is 0 Å². The summed E-state index contributed by atoms with van der Waals surface area (Å²) in [5.74, 6) is -0.358. The Kier molecular flexibility index (Phi) is 2.81. The number of hydrogen-bond acceptors (Lipinski definition) is 3. The van der Waals surface area contributed by atoms with Gasteiger partial charge in [0.05, 0.1) is 12.0 Å². The van der Waals surface area contributed by atoms with Crippen LogP contribution in [0.5, 0.6) is 0 Å². The van der Waals surface area contributed by atoms with Crippen LogP contribution in [-0.4, -0.2) is 46.7 Å². The van der Waals surface area contributed by atoms with Gasteiger partial charge in [0.15, 0.2) is 0 Å². The van der Waals surface area contributed by atoms with Gasteiger partial charge in [-0.05, 0) is 44.4 Å². The maximum absolute atomic E-state index is 12.7. The van der Waals surface area contributed by atoms with Crippen LogP contribution in [0.2, 0.25) is 0 Å². The van der Waals surface area contributed by atoms with Crippen molar-refractivity contribution in [3.05, 3.63) is 0 Å². The summed E-state index contributed by atoms with van der Waals surface area (Å²) in [6, 6.07) is 0.134. The Labute approximate surface area is 118 Å². The Hall–Kier alpha value is -1.10. The van der Waals surface area contributed by atoms with E-state index in [1.54, 1.807) is 0 Å². The van der Waals surface area contributed by atoms with E-state index >= 15 is 0 Å². The van der Waals surface area contributed by atoms with Crippen molar-refractivity contribution in [3.63, 3.8) is 0 Å². The number of aliphatic carboxylic acids is 1. The number of rotatable bonds is 3. The third-order valence-electron chi connectivity index (χ3n) is 5.71. The summed E-state index contributed by atoms with van der Waals surface area (Å²) in [7, 11) is 0. The molecule has 5 nitrogen and oxygen atoms in total. The Bertz CT molecular complexity index is 445. The summed E-state index contributed by atoms with van der Waals surface area (Å²) in [6.45, 7) is 0.831. The van der Waals surface area contributed by atoms with Crippen LogP contribution >= 0.6 is 0 Å². The Morgan fingerprint density at radius 2 is 1.95 bits per heavy atom. The number of carbonyl (C=O) groups is 2. The van der Waals surface area contributed by atoms with E-state index in [-0.39, 0.29) is 35.9 Å². The van der Waals surface area contributed by atoms with Crippen molar-refractivity contribution in [1.82, 2.24) is 4.90 Å². The van der Waals surface area contributed by atoms with E-state index in [2.05, 4.69) is 0 Å². The van der Waals surface area contributed by atoms with Crippen LogP contribution in [0, 0.1) is 17.8 Å². The molecule has 1 saturated carbocycles. The zero-order chi connectivity index (χ0) is 13.9. The van der Waals surface area contributed by atoms with Gasteiger partial charge >= 0.3 is 5.97 Å². The standard InChI is InChI=1S/C15H21NO4/c17-14(10-7-9(10)13-2-1-5-20-13)16-8-3-4-12(16)11(6-8)15(18)19/h8-13H,1-7H2,(H,18,19)/t8-,9-,10-,11-,12+,13?/m1/s1. The van der Waals surface area contributed by atoms with Crippen LogP contribution in [0.15, 0.2) is 0 Å². The van der Waals surface area contributed by atoms with Gasteiger partial charge in [0.2, 0.25) is 5.91 Å². The minimum Gasteiger partial charge on any atom is -0.481 e. The number of ether oxygens (including phenoxy) is 1. The molecule has 4 rings (SSSR count). The highest BCUT2D eigenvalue weighted by atomic mass is 16.5. The first-order valence-electron chi connectivity index (χ1n) is 7.83. The van der Waals surface area contributed by atoms with Crippen molar-refractivity contribution >= 4 is 11.9 Å². The molecule has 3 saturated heterocycles. The molecule has 110 valence electrons. The molecule has 3 aliphatic heterocycles. The molecule has 0 aromatic carbocycles. The average molecular weight is 279 g/mol. The van der Waals surface area contributed by atoms with Crippen LogP contribution < -0.4 is 0 Å². The summed E-state index contributed by atoms with van der Waals surface area (Å²) in [5, 5.41) is 9.26. The molecule has 0 aromatic rings. The molecule has 0 spiro atoms. The Morgan fingerprint density at radius 3 is 2.60 bits per heavy atom. The van der Waals surface area contributed by atoms with E-state index in [0.29, 0.717) is 12.3 Å². The predicted molar refractivity (Wildman–Crippen MR) is 70.0 cm³/mol. The summed E-state index contributed by atoms with van der Waals surface area (Å²) in [4.78, 5) is 25.9. The fraction of sp³-hybridized carbons (Fsp3) is 0.867. The number of fused-ring (bicyclic) bond motifs is 2. The van der Waals surface area contributed by atoms with Crippen LogP contribution in [0.3, 0.4) is 0 Å². The lowest BCUT2D eigenvalue weighted by atomic mass is 9.89. The third kappa shape index (κ3) is 1.79. The van der Waals surface area contributed by atoms with E-state index in [1.165, 1.54) is 0 Å². The maximum atomic E-state index is 12.7. The molecule has 4 fully saturated rings. The average Bonchev–Trinajstić information content (AvgIpc) is 2.85. The van der Waals surface area contributed by atoms with Crippen molar-refractivity contribution < 1.29 is 19.4 Å². The highest BCUT2D eigenvalue weighted by Gasteiger charge is 2.57. The summed E-state index contributed by atoms with van der Waals surface area (Å²) in [5.41, 5.74) is 0. The molecule has 0 radical (unpaired) electrons. The summed E-state index contributed by atoms with van der Waals surface area (Å²) < 4.78 is 5.68. The molecule has 1 unspecified atom stereocenters. The maximum Gasteiger partial charge on any atom is 0.308 e. The first-order chi connectivity index (χ1) is 9.66. The number of hydrogen-bond donors (Lipinski definition) is 1. The third-order valence-corrected chi connectivity index (χ3v) is 5.71. The molecule has 1 aliphatic carbocycles. The zero-order valence-corrected chi connectivity index (χ0v) is 11.5. The number of carboxylic acids is 1. The molecule has 5 heteroatoms. The largest absolute Gasteiger partial charge is 0.481 e. The van der Waals surface area contributed by atoms with E-state index in [4.69, 9.17) is 4.74 Å². The molecular weight excluding hydrogens is 258 g/mol. The molecule has 4 aliphatic rings. The van der Waals surface area contributed by atoms with Gasteiger partial charge in [0, 0.05) is 24.6 Å². The molecule has 1 amide bonds. The van der Waals surface area contributed by atoms with E-state index in [1.807, 2.05) is 4.90 Å². The van der Waals surface area contributed by atoms with Crippen molar-refractivity contribution in [3.8, 4) is 0 Å². The van der Waals surface area contributed by atoms with Crippen molar-refractivity contribution in [1.29, 1.82) is 0 Å². The van der Waals surface area contributed by atoms with Crippen molar-refractivity contribution in [2.45, 2.75) is 56.7 Å². The molecule has 1 N–H and O–H groups in total. The quantitative estimate of drug-likeness (QED) is 0.844. The number of carboxylic acid groups (broad SMARTS) is 1. The fourth-order valence-corrected chi connectivity index (χ4v) is 4.64. The van der Waals surface area contributed by atoms with Crippen LogP contribution in [0.1, 0.15) is 38.5 Å². The Balaban J connectivity index is 1.44. The monoisotopic (exact) mass is 279 g/mol. The smallest absolute Gasteiger partial charge is 0.308 e. The van der Waals surface area contributed by atoms with E-state index < -0.39 is 5.97 Å². The zero-order valence-electron chi connectivity index (χ0n) is 11.5. The number of nitrogens with zero attached hydrogens (tertiary/aromatic N) is 1. The number of amides is 1. The lowest BCUT2D eigenvalue weighted by Gasteiger charge is -2.23. The highest BCUT2D eigenvalue weighted by molar-refractivity contribution is 5.84. The summed E-state index contributed by atoms with van der Waals surface area (Å²) >= 11 is 0. The predicted octanol–water partition coefficient (Wildman–Crippen LogP) is 1.27. The molecule has 6 atom stereocenters. The SMILES string of the molecule is O=C(O)[C@@H]1C[C@H]2CC[C@@H]1N2C(=O)[C@@H]1C[C@H]1C1CCCO1. The minimum atomic E-state index is -0.735. The van der Waals surface area contributed by atoms with Crippen LogP contribution in [0.25, 0.3) is 0 Å². The number of carbonyl (C=O) groups excluding carboxylic acids is 1. The second-order valence-electron chi connectivity index (χ2n) is 6.78. The second-order valence-corrected chi connectivity index (χ2v) is 6.78. The molecule has 3 heterocycles. The van der Waals surface area contributed by atoms with Gasteiger partial charge in [-0.2, -0.15) is 0 Å². The van der Waals surface area contributed by atoms with Gasteiger partial charge < -0.3 is 14.7 Å². The van der Waals surface area contributed by atoms with Gasteiger partial charge in [-0.1, -0.05) is 0 Å². The van der Waals surface area contributed by atoms with Gasteiger partial charge in [0.1, 0.15) is 0 Å². The van der Waals surface area contributed by atoms with Gasteiger partial charge in [0.25, 0.3) is 0 Å². The van der Waals surface area contributed by atoms with Gasteiger partial charge in [-0.25, -0.2) is 0 Å². The highest BCUT2D eigenvalue weighted by Crippen LogP contribution is 2.50. The van der Waals surface area contributed by atoms with Gasteiger partial charge in [-0.3, -0.25) is 9.59 Å². The Morgan fingerprint density at radius 1 is 1.10 bits per heavy atom. The second kappa shape index (κ2) is 4.45. The minimum absolute atomic E-state index is 0.0456. The molecular formula is C15H21NO4. The van der Waals surface area contributed by atoms with Crippen LogP contribution in [-0.2, 0) is 14.3 Å². The normalized spacial score (nSPS) is 45.9. The van der Waals surface area contributed by atoms with E-state index in [0.717, 1.165) is 38.7 Å². The lowest BCUT2D eigenvalue weighted by molar-refractivity contribution is -0.143. The van der Waals surface area contributed by atoms with Crippen LogP contribution in [0.4, 0.5) is 0 Å². The van der Waals surface area contributed by atoms with Crippen molar-refractivity contribution in [2.24, 2.45) is 17.8 Å². The topological polar surface area (TPSA) is 66.8 Å². The van der Waals surface area contributed by atoms with E-state index in [9.17, 15) is 14.7 Å². The first-order valence-corrected chi connectivity index (χ1v) is 7.83. The molecule has 2 bridgehead atoms. The fourth-order valence-electron chi connectivity index (χ4n) is 4.64. The summed E-state index contributed by atoms with van der Waals surface area (Å²) in [6.07, 6.45) is 5.92. The molecule has 0 aromatic heterocycles. The molecule has 20 heavy (non-hydrogen) atoms.